The third-order valence-electron chi connectivity index (χ3n) is 1.95. The molecule has 0 unspecified atom stereocenters. The molecule has 0 atom stereocenters. The van der Waals surface area contributed by atoms with Gasteiger partial charge in [0.15, 0.2) is 0 Å². The van der Waals surface area contributed by atoms with E-state index >= 15 is 0 Å². The molecule has 0 saturated heterocycles. The van der Waals surface area contributed by atoms with E-state index in [-0.39, 0.29) is 23.0 Å². The fourth-order valence-electron chi connectivity index (χ4n) is 1.06. The van der Waals surface area contributed by atoms with Crippen LogP contribution < -0.4 is 0 Å². The Morgan fingerprint density at radius 3 is 2.88 bits per heavy atom. The van der Waals surface area contributed by atoms with Crippen molar-refractivity contribution in [1.29, 1.82) is 5.26 Å². The maximum Gasteiger partial charge on any atom is 0.245 e. The number of rotatable bonds is 4. The Morgan fingerprint density at radius 2 is 2.31 bits per heavy atom. The van der Waals surface area contributed by atoms with Crippen molar-refractivity contribution in [3.05, 3.63) is 23.5 Å². The van der Waals surface area contributed by atoms with Gasteiger partial charge in [-0.1, -0.05) is 11.6 Å². The minimum Gasteiger partial charge on any atom is -0.243 e. The zero-order chi connectivity index (χ0) is 12.2. The molecule has 0 radical (unpaired) electrons. The molecule has 0 aliphatic heterocycles. The normalized spacial score (nSPS) is 11.4. The molecule has 0 saturated carbocycles. The van der Waals surface area contributed by atoms with Crippen LogP contribution in [0.3, 0.4) is 0 Å². The zero-order valence-corrected chi connectivity index (χ0v) is 10.2. The van der Waals surface area contributed by atoms with Crippen molar-refractivity contribution in [2.45, 2.75) is 11.3 Å². The molecule has 0 spiro atoms. The number of nitrogens with zero attached hydrogens (tertiary/aromatic N) is 3. The molecule has 0 fully saturated rings. The van der Waals surface area contributed by atoms with Gasteiger partial charge in [-0.15, -0.1) is 0 Å². The highest BCUT2D eigenvalue weighted by Gasteiger charge is 2.23. The molecule has 86 valence electrons. The fraction of sp³-hybridized carbons (Fsp3) is 0.333. The number of hydrogen-bond acceptors (Lipinski definition) is 4. The van der Waals surface area contributed by atoms with Crippen LogP contribution in [0.15, 0.2) is 23.2 Å². The first-order valence-electron chi connectivity index (χ1n) is 4.44. The Hall–Kier alpha value is -1.16. The summed E-state index contributed by atoms with van der Waals surface area (Å²) in [5.74, 6) is 0. The summed E-state index contributed by atoms with van der Waals surface area (Å²) in [5.41, 5.74) is 0. The van der Waals surface area contributed by atoms with E-state index in [4.69, 9.17) is 16.9 Å². The predicted octanol–water partition coefficient (Wildman–Crippen LogP) is 1.27. The summed E-state index contributed by atoms with van der Waals surface area (Å²) in [6.07, 6.45) is 1.55. The Labute approximate surface area is 99.3 Å². The van der Waals surface area contributed by atoms with Gasteiger partial charge in [0.2, 0.25) is 10.0 Å². The van der Waals surface area contributed by atoms with Crippen LogP contribution in [0.25, 0.3) is 0 Å². The molecule has 0 aliphatic rings. The number of aromatic nitrogens is 1. The lowest BCUT2D eigenvalue weighted by atomic mass is 10.5. The fourth-order valence-corrected chi connectivity index (χ4v) is 2.65. The summed E-state index contributed by atoms with van der Waals surface area (Å²) in [6.45, 7) is 0.129. The average molecular weight is 260 g/mol. The molecule has 0 amide bonds. The van der Waals surface area contributed by atoms with Crippen molar-refractivity contribution in [3.8, 4) is 6.07 Å². The second-order valence-electron chi connectivity index (χ2n) is 3.03. The van der Waals surface area contributed by atoms with Crippen LogP contribution in [0.5, 0.6) is 0 Å². The SMILES string of the molecule is CN(CCC#N)S(=O)(=O)c1cccnc1Cl. The van der Waals surface area contributed by atoms with E-state index in [1.807, 2.05) is 6.07 Å². The van der Waals surface area contributed by atoms with E-state index in [0.29, 0.717) is 0 Å². The lowest BCUT2D eigenvalue weighted by Gasteiger charge is -2.15. The molecule has 1 heterocycles. The van der Waals surface area contributed by atoms with Gasteiger partial charge in [-0.05, 0) is 12.1 Å². The summed E-state index contributed by atoms with van der Waals surface area (Å²) < 4.78 is 25.0. The highest BCUT2D eigenvalue weighted by molar-refractivity contribution is 7.89. The van der Waals surface area contributed by atoms with Crippen molar-refractivity contribution in [2.75, 3.05) is 13.6 Å². The van der Waals surface area contributed by atoms with Gasteiger partial charge in [0.05, 0.1) is 6.07 Å². The van der Waals surface area contributed by atoms with Gasteiger partial charge in [-0.25, -0.2) is 13.4 Å². The van der Waals surface area contributed by atoms with Gasteiger partial charge in [0.25, 0.3) is 0 Å². The number of halogens is 1. The number of nitriles is 1. The highest BCUT2D eigenvalue weighted by atomic mass is 35.5. The van der Waals surface area contributed by atoms with Crippen molar-refractivity contribution in [2.24, 2.45) is 0 Å². The van der Waals surface area contributed by atoms with Gasteiger partial charge in [-0.3, -0.25) is 0 Å². The van der Waals surface area contributed by atoms with E-state index in [9.17, 15) is 8.42 Å². The van der Waals surface area contributed by atoms with Crippen molar-refractivity contribution in [1.82, 2.24) is 9.29 Å². The minimum atomic E-state index is -3.65. The molecule has 1 aromatic rings. The Balaban J connectivity index is 3.04. The molecule has 1 rings (SSSR count). The van der Waals surface area contributed by atoms with Crippen LogP contribution in [-0.4, -0.2) is 31.3 Å². The van der Waals surface area contributed by atoms with Gasteiger partial charge in [0, 0.05) is 26.2 Å². The number of sulfonamides is 1. The van der Waals surface area contributed by atoms with Gasteiger partial charge >= 0.3 is 0 Å². The quantitative estimate of drug-likeness (QED) is 0.763. The first-order valence-corrected chi connectivity index (χ1v) is 6.25. The van der Waals surface area contributed by atoms with Crippen molar-refractivity contribution in [3.63, 3.8) is 0 Å². The van der Waals surface area contributed by atoms with E-state index < -0.39 is 10.0 Å². The summed E-state index contributed by atoms with van der Waals surface area (Å²) in [5, 5.41) is 8.33. The first kappa shape index (κ1) is 12.9. The standard InChI is InChI=1S/C9H10ClN3O2S/c1-13(7-3-5-11)16(14,15)8-4-2-6-12-9(8)10/h2,4,6H,3,7H2,1H3. The Morgan fingerprint density at radius 1 is 1.62 bits per heavy atom. The van der Waals surface area contributed by atoms with E-state index in [1.165, 1.54) is 25.4 Å². The van der Waals surface area contributed by atoms with Crippen LogP contribution in [-0.2, 0) is 10.0 Å². The van der Waals surface area contributed by atoms with Crippen LogP contribution in [0.2, 0.25) is 5.15 Å². The third-order valence-corrected chi connectivity index (χ3v) is 4.25. The maximum atomic E-state index is 12.0. The van der Waals surface area contributed by atoms with Crippen LogP contribution >= 0.6 is 11.6 Å². The third kappa shape index (κ3) is 2.70. The molecular formula is C9H10ClN3O2S. The molecule has 5 nitrogen and oxygen atoms in total. The molecule has 0 aliphatic carbocycles. The molecule has 0 N–H and O–H groups in total. The van der Waals surface area contributed by atoms with E-state index in [2.05, 4.69) is 4.98 Å². The predicted molar refractivity (Wildman–Crippen MR) is 59.3 cm³/mol. The molecule has 16 heavy (non-hydrogen) atoms. The lowest BCUT2D eigenvalue weighted by molar-refractivity contribution is 0.476. The van der Waals surface area contributed by atoms with Gasteiger partial charge in [0.1, 0.15) is 10.0 Å². The minimum absolute atomic E-state index is 0.0443. The second-order valence-corrected chi connectivity index (χ2v) is 5.40. The molecule has 7 heteroatoms. The first-order chi connectivity index (χ1) is 7.50. The Kier molecular flexibility index (Phi) is 4.24. The Bertz CT molecular complexity index is 510. The van der Waals surface area contributed by atoms with E-state index in [1.54, 1.807) is 0 Å². The highest BCUT2D eigenvalue weighted by Crippen LogP contribution is 2.21. The van der Waals surface area contributed by atoms with Gasteiger partial charge in [-0.2, -0.15) is 9.57 Å². The maximum absolute atomic E-state index is 12.0. The summed E-state index contributed by atoms with van der Waals surface area (Å²) >= 11 is 5.70. The summed E-state index contributed by atoms with van der Waals surface area (Å²) in [4.78, 5) is 3.66. The molecule has 0 bridgehead atoms. The number of pyridine rings is 1. The smallest absolute Gasteiger partial charge is 0.243 e. The lowest BCUT2D eigenvalue weighted by Crippen LogP contribution is -2.28. The monoisotopic (exact) mass is 259 g/mol. The van der Waals surface area contributed by atoms with Crippen LogP contribution in [0.1, 0.15) is 6.42 Å². The van der Waals surface area contributed by atoms with E-state index in [0.717, 1.165) is 4.31 Å². The zero-order valence-electron chi connectivity index (χ0n) is 8.59. The topological polar surface area (TPSA) is 74.1 Å². The van der Waals surface area contributed by atoms with Crippen molar-refractivity contribution >= 4 is 21.6 Å². The van der Waals surface area contributed by atoms with Crippen LogP contribution in [0, 0.1) is 11.3 Å². The largest absolute Gasteiger partial charge is 0.245 e. The van der Waals surface area contributed by atoms with Gasteiger partial charge < -0.3 is 0 Å². The van der Waals surface area contributed by atoms with Crippen LogP contribution in [0.4, 0.5) is 0 Å². The molecular weight excluding hydrogens is 250 g/mol. The molecule has 1 aromatic heterocycles. The summed E-state index contributed by atoms with van der Waals surface area (Å²) in [7, 11) is -2.26. The molecule has 0 aromatic carbocycles. The summed E-state index contributed by atoms with van der Waals surface area (Å²) in [6, 6.07) is 4.76. The number of hydrogen-bond donors (Lipinski definition) is 0. The second kappa shape index (κ2) is 5.25. The van der Waals surface area contributed by atoms with Crippen molar-refractivity contribution < 1.29 is 8.42 Å². The average Bonchev–Trinajstić information content (AvgIpc) is 2.26.